The fraction of sp³-hybridized carbons (Fsp3) is 0.306. The van der Waals surface area contributed by atoms with Crippen molar-refractivity contribution in [3.8, 4) is 23.0 Å². The third kappa shape index (κ3) is 7.20. The van der Waals surface area contributed by atoms with Crippen molar-refractivity contribution < 1.29 is 31.1 Å². The average molecular weight is 741 g/mol. The second-order valence-electron chi connectivity index (χ2n) is 13.4. The van der Waals surface area contributed by atoms with E-state index >= 15 is 8.78 Å². The molecule has 0 fully saturated rings. The number of hydrogen-bond donors (Lipinski definition) is 2. The monoisotopic (exact) mass is 740 g/mol. The Morgan fingerprint density at radius 1 is 1.12 bits per heavy atom. The van der Waals surface area contributed by atoms with Gasteiger partial charge >= 0.3 is 0 Å². The van der Waals surface area contributed by atoms with E-state index in [0.29, 0.717) is 21.9 Å². The molecule has 5 aromatic rings. The lowest BCUT2D eigenvalue weighted by atomic mass is 9.94. The Bertz CT molecular complexity index is 2260. The van der Waals surface area contributed by atoms with Crippen molar-refractivity contribution in [2.45, 2.75) is 64.5 Å². The number of alkyl halides is 4. The van der Waals surface area contributed by atoms with E-state index in [9.17, 15) is 22.4 Å². The molecule has 1 amide bonds. The van der Waals surface area contributed by atoms with Crippen LogP contribution >= 0.6 is 11.6 Å². The molecule has 4 aromatic heterocycles. The number of carbonyl (C=O) groups is 1. The lowest BCUT2D eigenvalue weighted by molar-refractivity contribution is -0.122. The summed E-state index contributed by atoms with van der Waals surface area (Å²) in [5.41, 5.74) is 5.03. The second-order valence-corrected chi connectivity index (χ2v) is 13.8. The molecule has 270 valence electrons. The Balaban J connectivity index is 1.50. The van der Waals surface area contributed by atoms with Crippen LogP contribution in [0.1, 0.15) is 79.5 Å². The molecule has 1 aliphatic rings. The first kappa shape index (κ1) is 36.4. The number of nitrogen functional groups attached to an aromatic ring is 1. The summed E-state index contributed by atoms with van der Waals surface area (Å²) in [6.07, 6.45) is -3.12. The topological polar surface area (TPSA) is 116 Å². The maximum atomic E-state index is 15.2. The van der Waals surface area contributed by atoms with Gasteiger partial charge in [0.05, 0.1) is 11.7 Å². The van der Waals surface area contributed by atoms with E-state index in [-0.39, 0.29) is 45.7 Å². The van der Waals surface area contributed by atoms with Gasteiger partial charge in [-0.3, -0.25) is 13.9 Å². The fourth-order valence-corrected chi connectivity index (χ4v) is 6.47. The second kappa shape index (κ2) is 13.6. The van der Waals surface area contributed by atoms with Gasteiger partial charge in [0.25, 0.3) is 12.3 Å². The van der Waals surface area contributed by atoms with Crippen molar-refractivity contribution in [3.05, 3.63) is 106 Å². The highest BCUT2D eigenvalue weighted by atomic mass is 35.5. The average Bonchev–Trinajstić information content (AvgIpc) is 3.71. The van der Waals surface area contributed by atoms with Crippen molar-refractivity contribution in [3.63, 3.8) is 0 Å². The zero-order valence-corrected chi connectivity index (χ0v) is 28.7. The maximum Gasteiger partial charge on any atom is 0.290 e. The number of nitrogens with zero attached hydrogens (tertiary/aromatic N) is 6. The van der Waals surface area contributed by atoms with Gasteiger partial charge < -0.3 is 11.1 Å². The van der Waals surface area contributed by atoms with Crippen LogP contribution in [0.2, 0.25) is 5.15 Å². The third-order valence-electron chi connectivity index (χ3n) is 8.33. The fourth-order valence-electron chi connectivity index (χ4n) is 6.24. The Morgan fingerprint density at radius 2 is 1.81 bits per heavy atom. The molecule has 16 heteroatoms. The van der Waals surface area contributed by atoms with Crippen LogP contribution in [-0.2, 0) is 23.7 Å². The number of amides is 1. The van der Waals surface area contributed by atoms with Gasteiger partial charge in [0, 0.05) is 40.5 Å². The highest BCUT2D eigenvalue weighted by molar-refractivity contribution is 6.30. The molecule has 52 heavy (non-hydrogen) atoms. The zero-order valence-electron chi connectivity index (χ0n) is 28.0. The Kier molecular flexibility index (Phi) is 9.56. The molecular formula is C36H31ClF6N8O. The zero-order chi connectivity index (χ0) is 37.7. The van der Waals surface area contributed by atoms with E-state index < -0.39 is 71.6 Å². The minimum Gasteiger partial charge on any atom is -0.368 e. The minimum absolute atomic E-state index is 0.0190. The largest absolute Gasteiger partial charge is 0.368 e. The minimum atomic E-state index is -3.58. The lowest BCUT2D eigenvalue weighted by Crippen LogP contribution is -2.35. The van der Waals surface area contributed by atoms with Gasteiger partial charge in [-0.25, -0.2) is 22.5 Å². The third-order valence-corrected chi connectivity index (χ3v) is 8.63. The van der Waals surface area contributed by atoms with Gasteiger partial charge in [-0.05, 0) is 75.1 Å². The molecule has 9 nitrogen and oxygen atoms in total. The number of aromatic nitrogens is 6. The van der Waals surface area contributed by atoms with Crippen molar-refractivity contribution in [1.82, 2.24) is 34.7 Å². The van der Waals surface area contributed by atoms with Crippen molar-refractivity contribution >= 4 is 29.1 Å². The van der Waals surface area contributed by atoms with Crippen molar-refractivity contribution in [1.29, 1.82) is 0 Å². The molecule has 1 aromatic carbocycles. The molecular weight excluding hydrogens is 710 g/mol. The summed E-state index contributed by atoms with van der Waals surface area (Å²) in [4.78, 5) is 18.6. The molecule has 0 radical (unpaired) electrons. The van der Waals surface area contributed by atoms with Gasteiger partial charge in [-0.1, -0.05) is 23.6 Å². The van der Waals surface area contributed by atoms with Crippen LogP contribution in [0.25, 0.3) is 16.8 Å². The standard InChI is InChI=1S/C36H31ClF6N8O/c1-5-19-16-36(42,43)31-28(19)30(32(40)41)49-50(31)17-27(52)46-25(14-18-12-20(38)15-21(39)13-18)29-23(7-6-22(45-29)10-11-35(2,3)4)24-8-9-26(37)51-33(24)47-48-34(51)44/h5-9,12-13,15,19,25,32H,1,14,16-17H2,2-4H3,(H2,44,48)(H,46,52)/t19-,25-/m0/s1. The van der Waals surface area contributed by atoms with Crippen LogP contribution in [0, 0.1) is 28.9 Å². The first-order valence-corrected chi connectivity index (χ1v) is 16.3. The van der Waals surface area contributed by atoms with Gasteiger partial charge in [0.2, 0.25) is 11.9 Å². The molecule has 0 aliphatic heterocycles. The van der Waals surface area contributed by atoms with E-state index in [4.69, 9.17) is 22.3 Å². The number of rotatable bonds is 9. The van der Waals surface area contributed by atoms with Gasteiger partial charge in [-0.2, -0.15) is 13.9 Å². The molecule has 0 saturated heterocycles. The van der Waals surface area contributed by atoms with Crippen LogP contribution in [0.5, 0.6) is 0 Å². The molecule has 2 atom stereocenters. The van der Waals surface area contributed by atoms with Crippen LogP contribution in [0.3, 0.4) is 0 Å². The predicted octanol–water partition coefficient (Wildman–Crippen LogP) is 7.70. The Labute approximate surface area is 298 Å². The smallest absolute Gasteiger partial charge is 0.290 e. The summed E-state index contributed by atoms with van der Waals surface area (Å²) in [7, 11) is 0. The first-order chi connectivity index (χ1) is 24.5. The van der Waals surface area contributed by atoms with Gasteiger partial charge in [-0.15, -0.1) is 16.8 Å². The molecule has 1 aliphatic carbocycles. The quantitative estimate of drug-likeness (QED) is 0.0693. The summed E-state index contributed by atoms with van der Waals surface area (Å²) < 4.78 is 89.4. The highest BCUT2D eigenvalue weighted by Gasteiger charge is 2.50. The number of carbonyl (C=O) groups excluding carboxylic acids is 1. The number of benzene rings is 1. The number of nitrogens with one attached hydrogen (secondary N) is 1. The summed E-state index contributed by atoms with van der Waals surface area (Å²) >= 11 is 6.38. The van der Waals surface area contributed by atoms with Crippen LogP contribution in [0.15, 0.2) is 55.1 Å². The van der Waals surface area contributed by atoms with E-state index in [1.165, 1.54) is 10.5 Å². The number of fused-ring (bicyclic) bond motifs is 2. The van der Waals surface area contributed by atoms with Crippen LogP contribution < -0.4 is 11.1 Å². The van der Waals surface area contributed by atoms with E-state index in [0.717, 1.165) is 18.2 Å². The first-order valence-electron chi connectivity index (χ1n) is 15.9. The highest BCUT2D eigenvalue weighted by Crippen LogP contribution is 2.51. The molecule has 0 spiro atoms. The molecule has 0 bridgehead atoms. The van der Waals surface area contributed by atoms with E-state index in [1.807, 2.05) is 20.8 Å². The van der Waals surface area contributed by atoms with Crippen LogP contribution in [0.4, 0.5) is 32.3 Å². The Hall–Kier alpha value is -5.36. The normalized spacial score (nSPS) is 15.7. The summed E-state index contributed by atoms with van der Waals surface area (Å²) in [6, 6.07) is 8.03. The number of pyridine rings is 2. The number of hydrogen-bond acceptors (Lipinski definition) is 6. The van der Waals surface area contributed by atoms with Gasteiger partial charge in [0.1, 0.15) is 40.4 Å². The molecule has 4 heterocycles. The number of allylic oxidation sites excluding steroid dienone is 1. The molecule has 0 saturated carbocycles. The van der Waals surface area contributed by atoms with E-state index in [1.54, 1.807) is 18.2 Å². The number of nitrogens with two attached hydrogens (primary N) is 1. The Morgan fingerprint density at radius 3 is 2.46 bits per heavy atom. The summed E-state index contributed by atoms with van der Waals surface area (Å²) in [5.74, 6) is -1.33. The summed E-state index contributed by atoms with van der Waals surface area (Å²) in [6.45, 7) is 8.29. The molecule has 6 rings (SSSR count). The predicted molar refractivity (Wildman–Crippen MR) is 182 cm³/mol. The van der Waals surface area contributed by atoms with Gasteiger partial charge in [0.15, 0.2) is 5.65 Å². The molecule has 0 unspecified atom stereocenters. The van der Waals surface area contributed by atoms with Crippen molar-refractivity contribution in [2.75, 3.05) is 5.73 Å². The lowest BCUT2D eigenvalue weighted by Gasteiger charge is -2.23. The number of anilines is 1. The van der Waals surface area contributed by atoms with E-state index in [2.05, 4.69) is 39.0 Å². The van der Waals surface area contributed by atoms with Crippen molar-refractivity contribution in [2.24, 2.45) is 5.41 Å². The molecule has 3 N–H and O–H groups in total. The van der Waals surface area contributed by atoms with Crippen LogP contribution in [-0.4, -0.2) is 35.3 Å². The maximum absolute atomic E-state index is 15.2. The number of halogens is 7. The summed E-state index contributed by atoms with van der Waals surface area (Å²) in [5, 5.41) is 14.7. The SMILES string of the molecule is C=C[C@H]1CC(F)(F)c2c1c(C(F)F)nn2CC(=O)N[C@@H](Cc1cc(F)cc(F)c1)c1nc(C#CC(C)(C)C)ccc1-c1ccc(Cl)n2c(N)nnc12.